The third-order valence-electron chi connectivity index (χ3n) is 3.63. The molecular weight excluding hydrogens is 264 g/mol. The minimum absolute atomic E-state index is 0.0306. The quantitative estimate of drug-likeness (QED) is 0.781. The van der Waals surface area contributed by atoms with Crippen LogP contribution in [0.3, 0.4) is 0 Å². The highest BCUT2D eigenvalue weighted by Gasteiger charge is 2.22. The van der Waals surface area contributed by atoms with E-state index in [2.05, 4.69) is 39.3 Å². The molecule has 108 valence electrons. The highest BCUT2D eigenvalue weighted by Crippen LogP contribution is 2.26. The maximum atomic E-state index is 5.38. The molecular formula is C16H18N4O. The third-order valence-corrected chi connectivity index (χ3v) is 3.63. The molecule has 21 heavy (non-hydrogen) atoms. The lowest BCUT2D eigenvalue weighted by atomic mass is 10.0. The number of nitrogens with one attached hydrogen (secondary N) is 1. The molecule has 1 aromatic carbocycles. The molecule has 3 aromatic rings. The van der Waals surface area contributed by atoms with Gasteiger partial charge in [0.1, 0.15) is 17.9 Å². The fraction of sp³-hybridized carbons (Fsp3) is 0.250. The first-order valence-corrected chi connectivity index (χ1v) is 6.89. The van der Waals surface area contributed by atoms with E-state index in [0.29, 0.717) is 0 Å². The predicted molar refractivity (Wildman–Crippen MR) is 79.6 cm³/mol. The minimum Gasteiger partial charge on any atom is -0.469 e. The summed E-state index contributed by atoms with van der Waals surface area (Å²) < 4.78 is 5.38. The minimum atomic E-state index is 0.0306. The van der Waals surface area contributed by atoms with Crippen molar-refractivity contribution in [1.29, 1.82) is 0 Å². The Kier molecular flexibility index (Phi) is 3.83. The van der Waals surface area contributed by atoms with E-state index in [1.54, 1.807) is 12.6 Å². The SMILES string of the molecule is Cc1occc1CN(C)C(c1ccccc1)c1ncn[nH]1. The maximum absolute atomic E-state index is 5.38. The maximum Gasteiger partial charge on any atom is 0.146 e. The summed E-state index contributed by atoms with van der Waals surface area (Å²) in [5.41, 5.74) is 2.36. The number of benzene rings is 1. The van der Waals surface area contributed by atoms with Gasteiger partial charge in [-0.1, -0.05) is 30.3 Å². The average Bonchev–Trinajstić information content (AvgIpc) is 3.14. The van der Waals surface area contributed by atoms with Crippen LogP contribution < -0.4 is 0 Å². The summed E-state index contributed by atoms with van der Waals surface area (Å²) >= 11 is 0. The van der Waals surface area contributed by atoms with Gasteiger partial charge in [0, 0.05) is 12.1 Å². The normalized spacial score (nSPS) is 12.7. The standard InChI is InChI=1S/C16H18N4O/c1-12-14(8-9-21-12)10-20(2)15(16-17-11-18-19-16)13-6-4-3-5-7-13/h3-9,11,15H,10H2,1-2H3,(H,17,18,19). The van der Waals surface area contributed by atoms with E-state index in [9.17, 15) is 0 Å². The molecule has 2 heterocycles. The molecule has 1 atom stereocenters. The van der Waals surface area contributed by atoms with E-state index in [1.165, 1.54) is 11.1 Å². The van der Waals surface area contributed by atoms with E-state index in [1.807, 2.05) is 31.2 Å². The fourth-order valence-corrected chi connectivity index (χ4v) is 2.54. The lowest BCUT2D eigenvalue weighted by Crippen LogP contribution is -2.26. The molecule has 0 amide bonds. The number of aromatic nitrogens is 3. The van der Waals surface area contributed by atoms with Gasteiger partial charge in [-0.2, -0.15) is 5.10 Å². The zero-order valence-electron chi connectivity index (χ0n) is 12.2. The van der Waals surface area contributed by atoms with Gasteiger partial charge < -0.3 is 4.42 Å². The van der Waals surface area contributed by atoms with Gasteiger partial charge in [-0.15, -0.1) is 0 Å². The van der Waals surface area contributed by atoms with Crippen molar-refractivity contribution >= 4 is 0 Å². The summed E-state index contributed by atoms with van der Waals surface area (Å²) in [6, 6.07) is 12.3. The molecule has 3 rings (SSSR count). The van der Waals surface area contributed by atoms with Crippen LogP contribution in [-0.4, -0.2) is 27.1 Å². The van der Waals surface area contributed by atoms with Gasteiger partial charge in [0.25, 0.3) is 0 Å². The van der Waals surface area contributed by atoms with Crippen LogP contribution in [-0.2, 0) is 6.54 Å². The molecule has 0 aliphatic carbocycles. The van der Waals surface area contributed by atoms with E-state index in [-0.39, 0.29) is 6.04 Å². The number of nitrogens with zero attached hydrogens (tertiary/aromatic N) is 3. The molecule has 5 heteroatoms. The summed E-state index contributed by atoms with van der Waals surface area (Å²) in [7, 11) is 2.08. The van der Waals surface area contributed by atoms with Crippen molar-refractivity contribution in [2.75, 3.05) is 7.05 Å². The van der Waals surface area contributed by atoms with Gasteiger partial charge in [-0.3, -0.25) is 10.00 Å². The summed E-state index contributed by atoms with van der Waals surface area (Å²) in [4.78, 5) is 6.56. The molecule has 2 aromatic heterocycles. The first-order valence-electron chi connectivity index (χ1n) is 6.89. The Morgan fingerprint density at radius 2 is 2.05 bits per heavy atom. The van der Waals surface area contributed by atoms with E-state index >= 15 is 0 Å². The van der Waals surface area contributed by atoms with Crippen molar-refractivity contribution in [1.82, 2.24) is 20.1 Å². The van der Waals surface area contributed by atoms with Crippen LogP contribution in [0.1, 0.15) is 28.8 Å². The molecule has 0 aliphatic heterocycles. The Morgan fingerprint density at radius 1 is 1.24 bits per heavy atom. The van der Waals surface area contributed by atoms with Gasteiger partial charge in [-0.25, -0.2) is 4.98 Å². The molecule has 0 saturated heterocycles. The van der Waals surface area contributed by atoms with Gasteiger partial charge in [-0.05, 0) is 25.6 Å². The number of aryl methyl sites for hydroxylation is 1. The second-order valence-corrected chi connectivity index (χ2v) is 5.10. The zero-order valence-corrected chi connectivity index (χ0v) is 12.2. The van der Waals surface area contributed by atoms with Crippen molar-refractivity contribution in [2.45, 2.75) is 19.5 Å². The Labute approximate surface area is 123 Å². The van der Waals surface area contributed by atoms with Crippen molar-refractivity contribution in [3.8, 4) is 0 Å². The predicted octanol–water partition coefficient (Wildman–Crippen LogP) is 2.93. The monoisotopic (exact) mass is 282 g/mol. The number of hydrogen-bond acceptors (Lipinski definition) is 4. The average molecular weight is 282 g/mol. The molecule has 0 saturated carbocycles. The fourth-order valence-electron chi connectivity index (χ4n) is 2.54. The van der Waals surface area contributed by atoms with Crippen LogP contribution in [0.2, 0.25) is 0 Å². The number of aromatic amines is 1. The lowest BCUT2D eigenvalue weighted by molar-refractivity contribution is 0.260. The Morgan fingerprint density at radius 3 is 2.67 bits per heavy atom. The molecule has 0 aliphatic rings. The van der Waals surface area contributed by atoms with Crippen LogP contribution in [0.5, 0.6) is 0 Å². The van der Waals surface area contributed by atoms with Crippen molar-refractivity contribution in [2.24, 2.45) is 0 Å². The van der Waals surface area contributed by atoms with E-state index in [0.717, 1.165) is 18.1 Å². The Hall–Kier alpha value is -2.40. The topological polar surface area (TPSA) is 58.0 Å². The summed E-state index contributed by atoms with van der Waals surface area (Å²) in [5, 5.41) is 6.97. The van der Waals surface area contributed by atoms with Crippen molar-refractivity contribution in [3.05, 3.63) is 71.7 Å². The first kappa shape index (κ1) is 13.6. The molecule has 1 N–H and O–H groups in total. The van der Waals surface area contributed by atoms with Gasteiger partial charge in [0.2, 0.25) is 0 Å². The second kappa shape index (κ2) is 5.93. The highest BCUT2D eigenvalue weighted by molar-refractivity contribution is 5.25. The number of H-pyrrole nitrogens is 1. The van der Waals surface area contributed by atoms with Crippen LogP contribution in [0.15, 0.2) is 53.4 Å². The van der Waals surface area contributed by atoms with Crippen LogP contribution in [0, 0.1) is 6.92 Å². The highest BCUT2D eigenvalue weighted by atomic mass is 16.3. The summed E-state index contributed by atoms with van der Waals surface area (Å²) in [6.07, 6.45) is 3.27. The number of hydrogen-bond donors (Lipinski definition) is 1. The number of furan rings is 1. The third kappa shape index (κ3) is 2.87. The molecule has 0 spiro atoms. The molecule has 1 unspecified atom stereocenters. The largest absolute Gasteiger partial charge is 0.469 e. The number of rotatable bonds is 5. The lowest BCUT2D eigenvalue weighted by Gasteiger charge is -2.26. The first-order chi connectivity index (χ1) is 10.3. The van der Waals surface area contributed by atoms with Crippen LogP contribution >= 0.6 is 0 Å². The summed E-state index contributed by atoms with van der Waals surface area (Å²) in [5.74, 6) is 1.79. The van der Waals surface area contributed by atoms with Crippen LogP contribution in [0.25, 0.3) is 0 Å². The van der Waals surface area contributed by atoms with E-state index < -0.39 is 0 Å². The smallest absolute Gasteiger partial charge is 0.146 e. The Bertz CT molecular complexity index is 675. The molecule has 0 radical (unpaired) electrons. The van der Waals surface area contributed by atoms with E-state index in [4.69, 9.17) is 4.42 Å². The van der Waals surface area contributed by atoms with Crippen molar-refractivity contribution < 1.29 is 4.42 Å². The van der Waals surface area contributed by atoms with Crippen LogP contribution in [0.4, 0.5) is 0 Å². The molecule has 5 nitrogen and oxygen atoms in total. The molecule has 0 bridgehead atoms. The molecule has 0 fully saturated rings. The van der Waals surface area contributed by atoms with Crippen molar-refractivity contribution in [3.63, 3.8) is 0 Å². The Balaban J connectivity index is 1.90. The summed E-state index contributed by atoms with van der Waals surface area (Å²) in [6.45, 7) is 2.76. The van der Waals surface area contributed by atoms with Gasteiger partial charge in [0.05, 0.1) is 12.3 Å². The zero-order chi connectivity index (χ0) is 14.7. The van der Waals surface area contributed by atoms with Gasteiger partial charge >= 0.3 is 0 Å². The van der Waals surface area contributed by atoms with Gasteiger partial charge in [0.15, 0.2) is 0 Å². The second-order valence-electron chi connectivity index (χ2n) is 5.10.